The molecule has 0 aromatic heterocycles. The van der Waals surface area contributed by atoms with E-state index in [1.54, 1.807) is 0 Å². The number of ether oxygens (including phenoxy) is 3. The average molecular weight is 467 g/mol. The van der Waals surface area contributed by atoms with Gasteiger partial charge >= 0.3 is 0 Å². The van der Waals surface area contributed by atoms with Crippen LogP contribution in [0.15, 0.2) is 60.7 Å². The Labute approximate surface area is 205 Å². The topological polar surface area (TPSA) is 47.9 Å². The van der Waals surface area contributed by atoms with Gasteiger partial charge in [0, 0.05) is 24.9 Å². The Morgan fingerprint density at radius 3 is 2.24 bits per heavy atom. The molecule has 1 saturated carbocycles. The van der Waals surface area contributed by atoms with Gasteiger partial charge < -0.3 is 19.3 Å². The van der Waals surface area contributed by atoms with Crippen molar-refractivity contribution < 1.29 is 19.3 Å². The minimum atomic E-state index is -0.388. The molecule has 0 spiro atoms. The highest BCUT2D eigenvalue weighted by molar-refractivity contribution is 5.14. The molecule has 0 bridgehead atoms. The Hall–Kier alpha value is -1.72. The zero-order valence-electron chi connectivity index (χ0n) is 21.1. The number of rotatable bonds is 12. The van der Waals surface area contributed by atoms with Crippen molar-refractivity contribution in [1.82, 2.24) is 0 Å². The van der Waals surface area contributed by atoms with Gasteiger partial charge in [-0.2, -0.15) is 0 Å². The summed E-state index contributed by atoms with van der Waals surface area (Å²) in [5.74, 6) is 1.37. The van der Waals surface area contributed by atoms with Gasteiger partial charge in [0.15, 0.2) is 0 Å². The maximum absolute atomic E-state index is 11.0. The third-order valence-corrected chi connectivity index (χ3v) is 7.95. The van der Waals surface area contributed by atoms with Crippen LogP contribution in [0, 0.1) is 17.3 Å². The van der Waals surface area contributed by atoms with Gasteiger partial charge in [0.25, 0.3) is 0 Å². The molecule has 4 nitrogen and oxygen atoms in total. The van der Waals surface area contributed by atoms with E-state index >= 15 is 0 Å². The van der Waals surface area contributed by atoms with Crippen molar-refractivity contribution in [3.05, 3.63) is 71.8 Å². The summed E-state index contributed by atoms with van der Waals surface area (Å²) in [4.78, 5) is 0. The van der Waals surface area contributed by atoms with Crippen molar-refractivity contribution in [2.45, 2.75) is 90.5 Å². The SMILES string of the molecule is CCC1CC1[C@H](C[C@@H]1C[C@H](O)C(C)(C)[C@H](CCOCc2ccccc2)O1)OCc1ccccc1. The zero-order chi connectivity index (χ0) is 24.0. The molecule has 0 radical (unpaired) electrons. The van der Waals surface area contributed by atoms with E-state index in [4.69, 9.17) is 14.2 Å². The second-order valence-corrected chi connectivity index (χ2v) is 10.8. The van der Waals surface area contributed by atoms with Crippen LogP contribution in [0.1, 0.15) is 64.0 Å². The average Bonchev–Trinajstić information content (AvgIpc) is 3.63. The smallest absolute Gasteiger partial charge is 0.0720 e. The first-order chi connectivity index (χ1) is 16.5. The predicted octanol–water partition coefficient (Wildman–Crippen LogP) is 6.16. The number of aliphatic hydroxyl groups is 1. The third kappa shape index (κ3) is 6.69. The van der Waals surface area contributed by atoms with E-state index in [2.05, 4.69) is 57.2 Å². The summed E-state index contributed by atoms with van der Waals surface area (Å²) in [7, 11) is 0. The first-order valence-corrected chi connectivity index (χ1v) is 13.1. The van der Waals surface area contributed by atoms with Crippen molar-refractivity contribution in [2.24, 2.45) is 17.3 Å². The van der Waals surface area contributed by atoms with Gasteiger partial charge in [0.1, 0.15) is 0 Å². The van der Waals surface area contributed by atoms with Crippen molar-refractivity contribution in [1.29, 1.82) is 0 Å². The van der Waals surface area contributed by atoms with Gasteiger partial charge in [-0.1, -0.05) is 87.9 Å². The van der Waals surface area contributed by atoms with E-state index in [-0.39, 0.29) is 29.8 Å². The molecular formula is C30H42O4. The fourth-order valence-corrected chi connectivity index (χ4v) is 5.38. The molecule has 1 heterocycles. The van der Waals surface area contributed by atoms with E-state index in [1.165, 1.54) is 24.0 Å². The van der Waals surface area contributed by atoms with Crippen molar-refractivity contribution in [3.63, 3.8) is 0 Å². The molecule has 186 valence electrons. The standard InChI is InChI=1S/C30H42O4/c1-4-24-17-26(24)27(33-21-23-13-9-6-10-14-23)18-25-19-28(31)30(2,3)29(34-25)15-16-32-20-22-11-7-5-8-12-22/h5-14,24-29,31H,4,15-21H2,1-3H3/t24?,25-,26?,27+,28+,29+/m1/s1. The molecule has 0 amide bonds. The monoisotopic (exact) mass is 466 g/mol. The number of aliphatic hydroxyl groups excluding tert-OH is 1. The fourth-order valence-electron chi connectivity index (χ4n) is 5.38. The molecule has 2 aliphatic rings. The Morgan fingerprint density at radius 1 is 0.971 bits per heavy atom. The Bertz CT molecular complexity index is 853. The number of hydrogen-bond acceptors (Lipinski definition) is 4. The summed E-state index contributed by atoms with van der Waals surface area (Å²) in [6.07, 6.45) is 4.52. The second kappa shape index (κ2) is 11.8. The lowest BCUT2D eigenvalue weighted by Gasteiger charge is -2.46. The van der Waals surface area contributed by atoms with Gasteiger partial charge in [-0.05, 0) is 35.8 Å². The highest BCUT2D eigenvalue weighted by atomic mass is 16.5. The van der Waals surface area contributed by atoms with Crippen LogP contribution in [0.4, 0.5) is 0 Å². The highest BCUT2D eigenvalue weighted by Crippen LogP contribution is 2.47. The molecule has 6 atom stereocenters. The van der Waals surface area contributed by atoms with E-state index in [9.17, 15) is 5.11 Å². The maximum Gasteiger partial charge on any atom is 0.0720 e. The van der Waals surface area contributed by atoms with Crippen molar-refractivity contribution >= 4 is 0 Å². The zero-order valence-corrected chi connectivity index (χ0v) is 21.1. The number of hydrogen-bond donors (Lipinski definition) is 1. The first-order valence-electron chi connectivity index (χ1n) is 13.1. The largest absolute Gasteiger partial charge is 0.392 e. The van der Waals surface area contributed by atoms with Gasteiger partial charge in [-0.15, -0.1) is 0 Å². The molecular weight excluding hydrogens is 424 g/mol. The summed E-state index contributed by atoms with van der Waals surface area (Å²) < 4.78 is 19.0. The van der Waals surface area contributed by atoms with E-state index in [1.807, 2.05) is 24.3 Å². The lowest BCUT2D eigenvalue weighted by atomic mass is 9.74. The summed E-state index contributed by atoms with van der Waals surface area (Å²) in [5.41, 5.74) is 2.09. The van der Waals surface area contributed by atoms with Crippen LogP contribution in [-0.4, -0.2) is 36.1 Å². The molecule has 1 aliphatic carbocycles. The third-order valence-electron chi connectivity index (χ3n) is 7.95. The van der Waals surface area contributed by atoms with E-state index < -0.39 is 0 Å². The van der Waals surface area contributed by atoms with Crippen LogP contribution in [0.5, 0.6) is 0 Å². The summed E-state index contributed by atoms with van der Waals surface area (Å²) in [6.45, 7) is 8.37. The molecule has 2 aromatic rings. The highest BCUT2D eigenvalue weighted by Gasteiger charge is 2.47. The first kappa shape index (κ1) is 25.4. The lowest BCUT2D eigenvalue weighted by molar-refractivity contribution is -0.189. The molecule has 2 fully saturated rings. The van der Waals surface area contributed by atoms with Crippen LogP contribution in [0.25, 0.3) is 0 Å². The summed E-state index contributed by atoms with van der Waals surface area (Å²) in [6, 6.07) is 20.7. The molecule has 4 rings (SSSR count). The molecule has 4 heteroatoms. The molecule has 1 aliphatic heterocycles. The van der Waals surface area contributed by atoms with E-state index in [0.717, 1.165) is 18.8 Å². The van der Waals surface area contributed by atoms with Crippen LogP contribution in [-0.2, 0) is 27.4 Å². The Balaban J connectivity index is 1.32. The predicted molar refractivity (Wildman–Crippen MR) is 135 cm³/mol. The lowest BCUT2D eigenvalue weighted by Crippen LogP contribution is -2.51. The quantitative estimate of drug-likeness (QED) is 0.381. The second-order valence-electron chi connectivity index (χ2n) is 10.8. The van der Waals surface area contributed by atoms with Crippen LogP contribution in [0.3, 0.4) is 0 Å². The fraction of sp³-hybridized carbons (Fsp3) is 0.600. The van der Waals surface area contributed by atoms with Crippen molar-refractivity contribution in [2.75, 3.05) is 6.61 Å². The minimum absolute atomic E-state index is 0.0148. The Kier molecular flexibility index (Phi) is 8.81. The molecule has 2 unspecified atom stereocenters. The normalized spacial score (nSPS) is 29.0. The molecule has 1 N–H and O–H groups in total. The summed E-state index contributed by atoms with van der Waals surface area (Å²) in [5, 5.41) is 11.0. The van der Waals surface area contributed by atoms with E-state index in [0.29, 0.717) is 32.2 Å². The number of benzene rings is 2. The van der Waals surface area contributed by atoms with Crippen LogP contribution in [0.2, 0.25) is 0 Å². The minimum Gasteiger partial charge on any atom is -0.392 e. The van der Waals surface area contributed by atoms with Gasteiger partial charge in [-0.3, -0.25) is 0 Å². The van der Waals surface area contributed by atoms with Gasteiger partial charge in [-0.25, -0.2) is 0 Å². The molecule has 34 heavy (non-hydrogen) atoms. The van der Waals surface area contributed by atoms with Gasteiger partial charge in [0.05, 0.1) is 37.6 Å². The molecule has 2 aromatic carbocycles. The maximum atomic E-state index is 11.0. The molecule has 1 saturated heterocycles. The van der Waals surface area contributed by atoms with Crippen molar-refractivity contribution in [3.8, 4) is 0 Å². The van der Waals surface area contributed by atoms with Crippen LogP contribution < -0.4 is 0 Å². The summed E-state index contributed by atoms with van der Waals surface area (Å²) >= 11 is 0. The van der Waals surface area contributed by atoms with Gasteiger partial charge in [0.2, 0.25) is 0 Å². The van der Waals surface area contributed by atoms with Crippen LogP contribution >= 0.6 is 0 Å². The Morgan fingerprint density at radius 2 is 1.62 bits per heavy atom.